The quantitative estimate of drug-likeness (QED) is 0.586. The van der Waals surface area contributed by atoms with Crippen LogP contribution in [0.2, 0.25) is 0 Å². The molecule has 0 bridgehead atoms. The first-order valence-electron chi connectivity index (χ1n) is 10.6. The van der Waals surface area contributed by atoms with Crippen molar-refractivity contribution >= 4 is 5.91 Å². The number of amides is 1. The fraction of sp³-hybridized carbons (Fsp3) is 0.458. The van der Waals surface area contributed by atoms with E-state index < -0.39 is 0 Å². The normalized spacial score (nSPS) is 13.3. The van der Waals surface area contributed by atoms with E-state index in [2.05, 4.69) is 22.3 Å². The van der Waals surface area contributed by atoms with Gasteiger partial charge in [-0.05, 0) is 61.2 Å². The van der Waals surface area contributed by atoms with E-state index in [0.717, 1.165) is 50.4 Å². The Kier molecular flexibility index (Phi) is 8.00. The Labute approximate surface area is 184 Å². The molecule has 1 N–H and O–H groups in total. The van der Waals surface area contributed by atoms with Gasteiger partial charge >= 0.3 is 0 Å². The van der Waals surface area contributed by atoms with Crippen LogP contribution in [-0.2, 0) is 13.0 Å². The number of rotatable bonds is 10. The monoisotopic (exact) mass is 428 g/mol. The fourth-order valence-electron chi connectivity index (χ4n) is 3.96. The van der Waals surface area contributed by atoms with Crippen LogP contribution in [0.1, 0.15) is 34.3 Å². The molecule has 168 valence electrons. The van der Waals surface area contributed by atoms with E-state index in [1.54, 1.807) is 39.5 Å². The van der Waals surface area contributed by atoms with E-state index in [4.69, 9.17) is 18.9 Å². The van der Waals surface area contributed by atoms with Crippen LogP contribution in [0.15, 0.2) is 30.3 Å². The zero-order chi connectivity index (χ0) is 22.2. The lowest BCUT2D eigenvalue weighted by molar-refractivity contribution is 0.0948. The summed E-state index contributed by atoms with van der Waals surface area (Å²) in [5.74, 6) is 2.43. The van der Waals surface area contributed by atoms with Crippen molar-refractivity contribution in [2.24, 2.45) is 0 Å². The molecule has 2 aromatic carbocycles. The van der Waals surface area contributed by atoms with Gasteiger partial charge in [-0.1, -0.05) is 6.07 Å². The van der Waals surface area contributed by atoms with Gasteiger partial charge in [0, 0.05) is 19.6 Å². The van der Waals surface area contributed by atoms with Gasteiger partial charge in [0.25, 0.3) is 5.91 Å². The number of para-hydroxylation sites is 1. The minimum absolute atomic E-state index is 0.149. The van der Waals surface area contributed by atoms with Crippen molar-refractivity contribution in [3.63, 3.8) is 0 Å². The molecule has 0 unspecified atom stereocenters. The smallest absolute Gasteiger partial charge is 0.255 e. The predicted molar refractivity (Wildman–Crippen MR) is 120 cm³/mol. The molecule has 0 spiro atoms. The Bertz CT molecular complexity index is 900. The highest BCUT2D eigenvalue weighted by molar-refractivity contribution is 5.97. The molecule has 1 heterocycles. The number of hydrogen-bond acceptors (Lipinski definition) is 6. The molecule has 1 aliphatic heterocycles. The molecule has 7 heteroatoms. The highest BCUT2D eigenvalue weighted by Crippen LogP contribution is 2.33. The van der Waals surface area contributed by atoms with Crippen molar-refractivity contribution in [2.75, 3.05) is 48.1 Å². The Morgan fingerprint density at radius 3 is 2.32 bits per heavy atom. The van der Waals surface area contributed by atoms with Crippen molar-refractivity contribution in [3.05, 3.63) is 47.0 Å². The summed E-state index contributed by atoms with van der Waals surface area (Å²) in [7, 11) is 6.44. The second-order valence-electron chi connectivity index (χ2n) is 7.51. The van der Waals surface area contributed by atoms with Crippen molar-refractivity contribution in [1.29, 1.82) is 0 Å². The number of nitrogens with zero attached hydrogens (tertiary/aromatic N) is 1. The average Bonchev–Trinajstić information content (AvgIpc) is 2.81. The molecule has 0 atom stereocenters. The lowest BCUT2D eigenvalue weighted by Crippen LogP contribution is -2.32. The van der Waals surface area contributed by atoms with E-state index in [0.29, 0.717) is 23.6 Å². The SMILES string of the molecule is COc1cc2c(cc1OC)CN(CCCCNC(=O)c1cccc(OC)c1OC)CC2. The lowest BCUT2D eigenvalue weighted by atomic mass is 9.98. The van der Waals surface area contributed by atoms with Crippen LogP contribution in [0.25, 0.3) is 0 Å². The number of fused-ring (bicyclic) bond motifs is 1. The summed E-state index contributed by atoms with van der Waals surface area (Å²) in [6, 6.07) is 9.48. The van der Waals surface area contributed by atoms with Gasteiger partial charge in [-0.25, -0.2) is 0 Å². The Morgan fingerprint density at radius 1 is 0.935 bits per heavy atom. The number of methoxy groups -OCH3 is 4. The summed E-state index contributed by atoms with van der Waals surface area (Å²) >= 11 is 0. The Balaban J connectivity index is 1.45. The van der Waals surface area contributed by atoms with Gasteiger partial charge in [0.2, 0.25) is 0 Å². The first kappa shape index (κ1) is 22.7. The molecule has 1 aliphatic rings. The Morgan fingerprint density at radius 2 is 1.65 bits per heavy atom. The maximum absolute atomic E-state index is 12.5. The molecule has 31 heavy (non-hydrogen) atoms. The summed E-state index contributed by atoms with van der Waals surface area (Å²) in [5, 5.41) is 2.98. The molecule has 0 aliphatic carbocycles. The highest BCUT2D eigenvalue weighted by atomic mass is 16.5. The number of unbranched alkanes of at least 4 members (excludes halogenated alkanes) is 1. The van der Waals surface area contributed by atoms with E-state index >= 15 is 0 Å². The van der Waals surface area contributed by atoms with Gasteiger partial charge in [0.15, 0.2) is 23.0 Å². The number of hydrogen-bond donors (Lipinski definition) is 1. The second kappa shape index (κ2) is 10.9. The maximum Gasteiger partial charge on any atom is 0.255 e. The number of nitrogens with one attached hydrogen (secondary N) is 1. The number of ether oxygens (including phenoxy) is 4. The van der Waals surface area contributed by atoms with Crippen LogP contribution in [-0.4, -0.2) is 58.9 Å². The zero-order valence-electron chi connectivity index (χ0n) is 18.8. The molecular weight excluding hydrogens is 396 g/mol. The number of benzene rings is 2. The first-order chi connectivity index (χ1) is 15.1. The zero-order valence-corrected chi connectivity index (χ0v) is 18.8. The minimum atomic E-state index is -0.149. The van der Waals surface area contributed by atoms with Gasteiger partial charge in [0.05, 0.1) is 34.0 Å². The molecular formula is C24H32N2O5. The molecule has 1 amide bonds. The van der Waals surface area contributed by atoms with Gasteiger partial charge < -0.3 is 24.3 Å². The second-order valence-corrected chi connectivity index (χ2v) is 7.51. The minimum Gasteiger partial charge on any atom is -0.493 e. The summed E-state index contributed by atoms with van der Waals surface area (Å²) in [6.07, 6.45) is 2.92. The van der Waals surface area contributed by atoms with E-state index in [1.807, 2.05) is 0 Å². The lowest BCUT2D eigenvalue weighted by Gasteiger charge is -2.29. The van der Waals surface area contributed by atoms with Crippen LogP contribution in [0.4, 0.5) is 0 Å². The molecule has 0 fully saturated rings. The van der Waals surface area contributed by atoms with Crippen molar-refractivity contribution < 1.29 is 23.7 Å². The largest absolute Gasteiger partial charge is 0.493 e. The fourth-order valence-corrected chi connectivity index (χ4v) is 3.96. The molecule has 0 aromatic heterocycles. The van der Waals surface area contributed by atoms with Crippen molar-refractivity contribution in [1.82, 2.24) is 10.2 Å². The third-order valence-electron chi connectivity index (χ3n) is 5.63. The third kappa shape index (κ3) is 5.41. The highest BCUT2D eigenvalue weighted by Gasteiger charge is 2.19. The maximum atomic E-state index is 12.5. The molecule has 2 aromatic rings. The molecule has 0 saturated carbocycles. The van der Waals surface area contributed by atoms with Crippen LogP contribution >= 0.6 is 0 Å². The first-order valence-corrected chi connectivity index (χ1v) is 10.6. The van der Waals surface area contributed by atoms with E-state index in [1.165, 1.54) is 18.2 Å². The summed E-state index contributed by atoms with van der Waals surface area (Å²) < 4.78 is 21.5. The molecule has 0 radical (unpaired) electrons. The molecule has 3 rings (SSSR count). The number of carbonyl (C=O) groups is 1. The summed E-state index contributed by atoms with van der Waals surface area (Å²) in [4.78, 5) is 15.0. The topological polar surface area (TPSA) is 69.3 Å². The van der Waals surface area contributed by atoms with E-state index in [9.17, 15) is 4.79 Å². The predicted octanol–water partition coefficient (Wildman–Crippen LogP) is 3.29. The Hall–Kier alpha value is -2.93. The third-order valence-corrected chi connectivity index (χ3v) is 5.63. The molecule has 0 saturated heterocycles. The van der Waals surface area contributed by atoms with Crippen LogP contribution < -0.4 is 24.3 Å². The van der Waals surface area contributed by atoms with E-state index in [-0.39, 0.29) is 5.91 Å². The van der Waals surface area contributed by atoms with Gasteiger partial charge in [0.1, 0.15) is 0 Å². The standard InChI is InChI=1S/C24H32N2O5/c1-28-20-9-7-8-19(23(20)31-4)24(27)25-11-5-6-12-26-13-10-17-14-21(29-2)22(30-3)15-18(17)16-26/h7-9,14-15H,5-6,10-13,16H2,1-4H3,(H,25,27). The summed E-state index contributed by atoms with van der Waals surface area (Å²) in [6.45, 7) is 3.54. The van der Waals surface area contributed by atoms with Gasteiger partial charge in [-0.15, -0.1) is 0 Å². The summed E-state index contributed by atoms with van der Waals surface area (Å²) in [5.41, 5.74) is 3.11. The van der Waals surface area contributed by atoms with Crippen molar-refractivity contribution in [2.45, 2.75) is 25.8 Å². The van der Waals surface area contributed by atoms with Gasteiger partial charge in [-0.3, -0.25) is 9.69 Å². The van der Waals surface area contributed by atoms with Crippen molar-refractivity contribution in [3.8, 4) is 23.0 Å². The van der Waals surface area contributed by atoms with Gasteiger partial charge in [-0.2, -0.15) is 0 Å². The van der Waals surface area contributed by atoms with Crippen LogP contribution in [0.3, 0.4) is 0 Å². The number of carbonyl (C=O) groups excluding carboxylic acids is 1. The average molecular weight is 429 g/mol. The molecule has 7 nitrogen and oxygen atoms in total. The van der Waals surface area contributed by atoms with Crippen LogP contribution in [0.5, 0.6) is 23.0 Å². The van der Waals surface area contributed by atoms with Crippen LogP contribution in [0, 0.1) is 0 Å².